The summed E-state index contributed by atoms with van der Waals surface area (Å²) in [6.45, 7) is 3.15. The number of hydrogen-bond acceptors (Lipinski definition) is 12. The molecule has 0 aromatic heterocycles. The van der Waals surface area contributed by atoms with Crippen LogP contribution in [0.2, 0.25) is 0 Å². The van der Waals surface area contributed by atoms with Crippen LogP contribution in [-0.2, 0) is 38.4 Å². The predicted octanol–water partition coefficient (Wildman–Crippen LogP) is -7.21. The molecule has 0 saturated heterocycles. The van der Waals surface area contributed by atoms with Crippen LogP contribution in [0.4, 0.5) is 0 Å². The molecule has 16 N–H and O–H groups in total. The molecule has 0 saturated carbocycles. The Balaban J connectivity index is 4.75. The Morgan fingerprint density at radius 1 is 0.694 bits per heavy atom. The van der Waals surface area contributed by atoms with Gasteiger partial charge in [0.1, 0.15) is 24.2 Å². The zero-order valence-electron chi connectivity index (χ0n) is 27.8. The third-order valence-corrected chi connectivity index (χ3v) is 6.54. The molecule has 0 radical (unpaired) electrons. The second kappa shape index (κ2) is 22.5. The molecule has 0 unspecified atom stereocenters. The summed E-state index contributed by atoms with van der Waals surface area (Å²) < 4.78 is 0. The van der Waals surface area contributed by atoms with Gasteiger partial charge < -0.3 is 69.7 Å². The normalized spacial score (nSPS) is 14.4. The number of amides is 7. The Bertz CT molecular complexity index is 1210. The van der Waals surface area contributed by atoms with Gasteiger partial charge in [0, 0.05) is 6.54 Å². The summed E-state index contributed by atoms with van der Waals surface area (Å²) in [6, 6.07) is -6.45. The van der Waals surface area contributed by atoms with E-state index in [4.69, 9.17) is 17.2 Å². The summed E-state index contributed by atoms with van der Waals surface area (Å²) in [5, 5.41) is 44.2. The number of aliphatic hydroxyl groups excluding tert-OH is 2. The fourth-order valence-corrected chi connectivity index (χ4v) is 3.62. The van der Waals surface area contributed by atoms with Crippen LogP contribution in [0.15, 0.2) is 4.99 Å². The van der Waals surface area contributed by atoms with Crippen molar-refractivity contribution in [2.75, 3.05) is 32.8 Å². The number of nitrogens with zero attached hydrogens (tertiary/aromatic N) is 1. The van der Waals surface area contributed by atoms with Gasteiger partial charge in [-0.15, -0.1) is 0 Å². The van der Waals surface area contributed by atoms with E-state index >= 15 is 0 Å². The quantitative estimate of drug-likeness (QED) is 0.0283. The lowest BCUT2D eigenvalue weighted by molar-refractivity contribution is -0.142. The minimum absolute atomic E-state index is 0.00662. The number of guanidine groups is 1. The van der Waals surface area contributed by atoms with Crippen molar-refractivity contribution < 1.29 is 53.7 Å². The standard InChI is InChI=1S/C27H49N11O11/c1-12(2)20(28)24(46)38-21(14(4)40)25(47)34-8-17(41)32-9-18(42)37-16(11-39)23(45)35-13(3)22(44)33-10-19(43)36-15(26(48)49)6-5-7-31-27(29)30/h12-16,20-21,39-40H,5-11,28H2,1-4H3,(H,32,41)(H,33,44)(H,34,47)(H,35,45)(H,36,43)(H,37,42)(H,38,46)(H,48,49)(H4,29,30,31)/t13-,14+,15-,16-,20-,21-/m0/s1. The molecular formula is C27H49N11O11. The first-order chi connectivity index (χ1) is 22.8. The van der Waals surface area contributed by atoms with Crippen molar-refractivity contribution >= 4 is 53.3 Å². The van der Waals surface area contributed by atoms with Gasteiger partial charge in [-0.2, -0.15) is 0 Å². The van der Waals surface area contributed by atoms with Crippen LogP contribution < -0.4 is 54.4 Å². The highest BCUT2D eigenvalue weighted by molar-refractivity contribution is 5.95. The third-order valence-electron chi connectivity index (χ3n) is 6.54. The van der Waals surface area contributed by atoms with Gasteiger partial charge in [0.15, 0.2) is 5.96 Å². The maximum atomic E-state index is 12.5. The second-order valence-electron chi connectivity index (χ2n) is 11.1. The van der Waals surface area contributed by atoms with Crippen molar-refractivity contribution in [2.24, 2.45) is 28.1 Å². The molecule has 0 aromatic rings. The predicted molar refractivity (Wildman–Crippen MR) is 172 cm³/mol. The Kier molecular flexibility index (Phi) is 20.1. The first kappa shape index (κ1) is 43.9. The van der Waals surface area contributed by atoms with Crippen LogP contribution in [0, 0.1) is 5.92 Å². The van der Waals surface area contributed by atoms with Crippen molar-refractivity contribution in [3.05, 3.63) is 0 Å². The van der Waals surface area contributed by atoms with E-state index in [0.717, 1.165) is 0 Å². The number of carboxylic acids is 1. The number of carbonyl (C=O) groups is 8. The second-order valence-corrected chi connectivity index (χ2v) is 11.1. The molecule has 0 fully saturated rings. The van der Waals surface area contributed by atoms with Gasteiger partial charge in [0.2, 0.25) is 41.4 Å². The molecule has 49 heavy (non-hydrogen) atoms. The number of nitrogens with one attached hydrogen (secondary N) is 7. The van der Waals surface area contributed by atoms with Gasteiger partial charge >= 0.3 is 5.97 Å². The van der Waals surface area contributed by atoms with Crippen LogP contribution in [0.5, 0.6) is 0 Å². The van der Waals surface area contributed by atoms with Crippen LogP contribution in [0.25, 0.3) is 0 Å². The van der Waals surface area contributed by atoms with Crippen LogP contribution in [0.1, 0.15) is 40.5 Å². The lowest BCUT2D eigenvalue weighted by Gasteiger charge is -2.23. The van der Waals surface area contributed by atoms with E-state index in [1.165, 1.54) is 13.8 Å². The highest BCUT2D eigenvalue weighted by Gasteiger charge is 2.29. The molecule has 0 aliphatic carbocycles. The number of hydrogen-bond donors (Lipinski definition) is 13. The number of rotatable bonds is 22. The molecule has 278 valence electrons. The van der Waals surface area contributed by atoms with Crippen molar-refractivity contribution in [3.8, 4) is 0 Å². The lowest BCUT2D eigenvalue weighted by atomic mass is 10.0. The average molecular weight is 704 g/mol. The molecule has 0 heterocycles. The van der Waals surface area contributed by atoms with Crippen molar-refractivity contribution in [3.63, 3.8) is 0 Å². The Hall–Kier alpha value is -5.09. The first-order valence-corrected chi connectivity index (χ1v) is 15.1. The summed E-state index contributed by atoms with van der Waals surface area (Å²) >= 11 is 0. The summed E-state index contributed by atoms with van der Waals surface area (Å²) in [5.74, 6) is -7.75. The molecular weight excluding hydrogens is 654 g/mol. The van der Waals surface area contributed by atoms with Gasteiger partial charge in [-0.05, 0) is 32.6 Å². The molecule has 7 amide bonds. The van der Waals surface area contributed by atoms with Crippen molar-refractivity contribution in [1.82, 2.24) is 37.2 Å². The molecule has 0 spiro atoms. The Morgan fingerprint density at radius 3 is 1.73 bits per heavy atom. The van der Waals surface area contributed by atoms with Crippen LogP contribution in [-0.4, -0.2) is 138 Å². The maximum absolute atomic E-state index is 12.5. The van der Waals surface area contributed by atoms with Gasteiger partial charge in [0.05, 0.1) is 38.4 Å². The van der Waals surface area contributed by atoms with Crippen molar-refractivity contribution in [1.29, 1.82) is 0 Å². The molecule has 6 atom stereocenters. The summed E-state index contributed by atoms with van der Waals surface area (Å²) in [4.78, 5) is 101. The number of nitrogens with two attached hydrogens (primary N) is 3. The molecule has 22 heteroatoms. The van der Waals surface area contributed by atoms with Crippen LogP contribution >= 0.6 is 0 Å². The molecule has 0 aromatic carbocycles. The SMILES string of the molecule is CC(C)[C@H](N)C(=O)N[C@H](C(=O)NCC(=O)NCC(=O)N[C@@H](CO)C(=O)N[C@@H](C)C(=O)NCC(=O)N[C@@H](CCCN=C(N)N)C(=O)O)[C@@H](C)O. The summed E-state index contributed by atoms with van der Waals surface area (Å²) in [5.41, 5.74) is 16.1. The van der Waals surface area contributed by atoms with Gasteiger partial charge in [-0.25, -0.2) is 4.79 Å². The number of aliphatic hydroxyl groups is 2. The van der Waals surface area contributed by atoms with E-state index < -0.39 is 110 Å². The van der Waals surface area contributed by atoms with Gasteiger partial charge in [0.25, 0.3) is 0 Å². The van der Waals surface area contributed by atoms with E-state index in [1.54, 1.807) is 13.8 Å². The first-order valence-electron chi connectivity index (χ1n) is 15.1. The third kappa shape index (κ3) is 18.1. The van der Waals surface area contributed by atoms with Gasteiger partial charge in [-0.1, -0.05) is 13.8 Å². The lowest BCUT2D eigenvalue weighted by Crippen LogP contribution is -2.57. The number of aliphatic imine (C=N–C) groups is 1. The molecule has 0 rings (SSSR count). The number of carboxylic acid groups (broad SMARTS) is 1. The van der Waals surface area contributed by atoms with Crippen LogP contribution in [0.3, 0.4) is 0 Å². The van der Waals surface area contributed by atoms with E-state index in [9.17, 15) is 53.7 Å². The zero-order valence-corrected chi connectivity index (χ0v) is 27.8. The van der Waals surface area contributed by atoms with Crippen molar-refractivity contribution in [2.45, 2.75) is 76.8 Å². The summed E-state index contributed by atoms with van der Waals surface area (Å²) in [6.07, 6.45) is -1.07. The minimum atomic E-state index is -1.55. The number of aliphatic carboxylic acids is 1. The Morgan fingerprint density at radius 2 is 1.22 bits per heavy atom. The number of carbonyl (C=O) groups excluding carboxylic acids is 7. The van der Waals surface area contributed by atoms with E-state index in [-0.39, 0.29) is 31.3 Å². The minimum Gasteiger partial charge on any atom is -0.480 e. The zero-order chi connectivity index (χ0) is 37.8. The Labute approximate surface area is 282 Å². The monoisotopic (exact) mass is 703 g/mol. The molecule has 0 aliphatic rings. The fourth-order valence-electron chi connectivity index (χ4n) is 3.62. The fraction of sp³-hybridized carbons (Fsp3) is 0.667. The maximum Gasteiger partial charge on any atom is 0.326 e. The largest absolute Gasteiger partial charge is 0.480 e. The molecule has 22 nitrogen and oxygen atoms in total. The molecule has 0 aliphatic heterocycles. The highest BCUT2D eigenvalue weighted by atomic mass is 16.4. The van der Waals surface area contributed by atoms with E-state index in [1.807, 2.05) is 0 Å². The summed E-state index contributed by atoms with van der Waals surface area (Å²) in [7, 11) is 0. The topological polar surface area (TPSA) is 372 Å². The van der Waals surface area contributed by atoms with Gasteiger partial charge in [-0.3, -0.25) is 38.6 Å². The average Bonchev–Trinajstić information content (AvgIpc) is 3.02. The smallest absolute Gasteiger partial charge is 0.326 e. The van der Waals surface area contributed by atoms with E-state index in [2.05, 4.69) is 42.2 Å². The van der Waals surface area contributed by atoms with E-state index in [0.29, 0.717) is 0 Å². The molecule has 0 bridgehead atoms. The highest BCUT2D eigenvalue weighted by Crippen LogP contribution is 2.01.